The fourth-order valence-corrected chi connectivity index (χ4v) is 3.48. The van der Waals surface area contributed by atoms with Crippen LogP contribution < -0.4 is 0 Å². The van der Waals surface area contributed by atoms with Gasteiger partial charge in [0, 0.05) is 25.3 Å². The first-order chi connectivity index (χ1) is 8.08. The number of allylic oxidation sites excluding steroid dienone is 1. The molecule has 0 unspecified atom stereocenters. The van der Waals surface area contributed by atoms with Gasteiger partial charge in [-0.05, 0) is 26.8 Å². The summed E-state index contributed by atoms with van der Waals surface area (Å²) in [6.45, 7) is 9.60. The molecule has 0 radical (unpaired) electrons. The van der Waals surface area contributed by atoms with Crippen molar-refractivity contribution in [2.75, 3.05) is 19.8 Å². The Kier molecular flexibility index (Phi) is 9.02. The van der Waals surface area contributed by atoms with E-state index in [0.29, 0.717) is 25.9 Å². The van der Waals surface area contributed by atoms with Crippen LogP contribution in [0.2, 0.25) is 12.6 Å². The SMILES string of the molecule is CCCOC(=O)C=CC[Si](C)(OCC)OCC. The maximum absolute atomic E-state index is 11.2. The van der Waals surface area contributed by atoms with Crippen LogP contribution in [0.15, 0.2) is 12.2 Å². The fraction of sp³-hybridized carbons (Fsp3) is 0.750. The third-order valence-corrected chi connectivity index (χ3v) is 4.87. The fourth-order valence-electron chi connectivity index (χ4n) is 1.39. The van der Waals surface area contributed by atoms with E-state index < -0.39 is 8.56 Å². The first kappa shape index (κ1) is 16.3. The largest absolute Gasteiger partial charge is 0.463 e. The highest BCUT2D eigenvalue weighted by atomic mass is 28.4. The number of ether oxygens (including phenoxy) is 1. The average molecular weight is 260 g/mol. The molecule has 0 amide bonds. The number of esters is 1. The topological polar surface area (TPSA) is 44.8 Å². The monoisotopic (exact) mass is 260 g/mol. The van der Waals surface area contributed by atoms with E-state index in [2.05, 4.69) is 0 Å². The highest BCUT2D eigenvalue weighted by Gasteiger charge is 2.28. The molecule has 0 aliphatic carbocycles. The third-order valence-electron chi connectivity index (χ3n) is 2.09. The van der Waals surface area contributed by atoms with Crippen molar-refractivity contribution >= 4 is 14.5 Å². The standard InChI is InChI=1S/C12H24O4Si/c1-5-10-14-12(13)9-8-11-17(4,15-6-2)16-7-3/h8-9H,5-7,10-11H2,1-4H3. The summed E-state index contributed by atoms with van der Waals surface area (Å²) in [6, 6.07) is 0.663. The lowest BCUT2D eigenvalue weighted by Crippen LogP contribution is -2.38. The molecule has 0 aromatic heterocycles. The van der Waals surface area contributed by atoms with E-state index in [1.165, 1.54) is 6.08 Å². The Labute approximate surface area is 105 Å². The predicted octanol–water partition coefficient (Wildman–Crippen LogP) is 2.64. The minimum atomic E-state index is -2.14. The molecular weight excluding hydrogens is 236 g/mol. The Hall–Kier alpha value is -0.653. The molecular formula is C12H24O4Si. The van der Waals surface area contributed by atoms with Gasteiger partial charge in [0.1, 0.15) is 0 Å². The molecule has 0 saturated heterocycles. The molecule has 0 aromatic carbocycles. The van der Waals surface area contributed by atoms with Crippen molar-refractivity contribution in [3.05, 3.63) is 12.2 Å². The van der Waals surface area contributed by atoms with E-state index in [-0.39, 0.29) is 5.97 Å². The zero-order chi connectivity index (χ0) is 13.1. The van der Waals surface area contributed by atoms with Crippen LogP contribution in [0.25, 0.3) is 0 Å². The summed E-state index contributed by atoms with van der Waals surface area (Å²) in [6.07, 6.45) is 4.08. The lowest BCUT2D eigenvalue weighted by atomic mass is 10.5. The van der Waals surface area contributed by atoms with Crippen LogP contribution in [-0.2, 0) is 18.4 Å². The Morgan fingerprint density at radius 2 is 1.76 bits per heavy atom. The Morgan fingerprint density at radius 3 is 2.24 bits per heavy atom. The molecule has 0 aliphatic rings. The lowest BCUT2D eigenvalue weighted by Gasteiger charge is -2.24. The highest BCUT2D eigenvalue weighted by molar-refractivity contribution is 6.66. The van der Waals surface area contributed by atoms with E-state index >= 15 is 0 Å². The number of rotatable bonds is 9. The molecule has 0 aromatic rings. The van der Waals surface area contributed by atoms with Gasteiger partial charge in [-0.1, -0.05) is 13.0 Å². The molecule has 0 bridgehead atoms. The van der Waals surface area contributed by atoms with E-state index in [4.69, 9.17) is 13.6 Å². The number of hydrogen-bond donors (Lipinski definition) is 0. The minimum absolute atomic E-state index is 0.295. The van der Waals surface area contributed by atoms with Crippen molar-refractivity contribution in [1.29, 1.82) is 0 Å². The molecule has 17 heavy (non-hydrogen) atoms. The zero-order valence-electron chi connectivity index (χ0n) is 11.3. The normalized spacial score (nSPS) is 12.0. The van der Waals surface area contributed by atoms with Crippen molar-refractivity contribution in [2.45, 2.75) is 39.8 Å². The van der Waals surface area contributed by atoms with Crippen LogP contribution in [0, 0.1) is 0 Å². The molecule has 0 aliphatic heterocycles. The quantitative estimate of drug-likeness (QED) is 0.363. The van der Waals surface area contributed by atoms with Gasteiger partial charge in [-0.3, -0.25) is 0 Å². The summed E-state index contributed by atoms with van der Waals surface area (Å²) in [5.41, 5.74) is 0. The summed E-state index contributed by atoms with van der Waals surface area (Å²) in [5.74, 6) is -0.295. The molecule has 0 spiro atoms. The molecule has 0 fully saturated rings. The second kappa shape index (κ2) is 9.38. The Balaban J connectivity index is 4.10. The first-order valence-electron chi connectivity index (χ1n) is 6.19. The van der Waals surface area contributed by atoms with Gasteiger partial charge in [-0.2, -0.15) is 0 Å². The second-order valence-corrected chi connectivity index (χ2v) is 7.03. The van der Waals surface area contributed by atoms with Crippen LogP contribution in [-0.4, -0.2) is 34.4 Å². The molecule has 0 saturated carbocycles. The number of carbonyl (C=O) groups excluding carboxylic acids is 1. The molecule has 100 valence electrons. The second-order valence-electron chi connectivity index (χ2n) is 3.77. The maximum Gasteiger partial charge on any atom is 0.338 e. The summed E-state index contributed by atoms with van der Waals surface area (Å²) >= 11 is 0. The van der Waals surface area contributed by atoms with Crippen LogP contribution in [0.5, 0.6) is 0 Å². The van der Waals surface area contributed by atoms with Gasteiger partial charge in [0.05, 0.1) is 6.61 Å². The van der Waals surface area contributed by atoms with Crippen LogP contribution in [0.3, 0.4) is 0 Å². The van der Waals surface area contributed by atoms with Crippen molar-refractivity contribution in [2.24, 2.45) is 0 Å². The predicted molar refractivity (Wildman–Crippen MR) is 70.1 cm³/mol. The van der Waals surface area contributed by atoms with Gasteiger partial charge in [0.25, 0.3) is 0 Å². The van der Waals surface area contributed by atoms with E-state index in [1.807, 2.05) is 27.3 Å². The number of carbonyl (C=O) groups is 1. The number of hydrogen-bond acceptors (Lipinski definition) is 4. The van der Waals surface area contributed by atoms with Crippen molar-refractivity contribution in [3.63, 3.8) is 0 Å². The molecule has 0 heterocycles. The van der Waals surface area contributed by atoms with Crippen molar-refractivity contribution < 1.29 is 18.4 Å². The molecule has 5 heteroatoms. The van der Waals surface area contributed by atoms with Crippen LogP contribution in [0.4, 0.5) is 0 Å². The van der Waals surface area contributed by atoms with Crippen LogP contribution in [0.1, 0.15) is 27.2 Å². The van der Waals surface area contributed by atoms with Gasteiger partial charge in [0.2, 0.25) is 0 Å². The van der Waals surface area contributed by atoms with Gasteiger partial charge in [-0.25, -0.2) is 4.79 Å². The van der Waals surface area contributed by atoms with E-state index in [0.717, 1.165) is 6.42 Å². The first-order valence-corrected chi connectivity index (χ1v) is 8.71. The Bertz CT molecular complexity index is 235. The van der Waals surface area contributed by atoms with Gasteiger partial charge >= 0.3 is 14.5 Å². The summed E-state index contributed by atoms with van der Waals surface area (Å²) in [4.78, 5) is 11.2. The summed E-state index contributed by atoms with van der Waals surface area (Å²) in [7, 11) is -2.14. The summed E-state index contributed by atoms with van der Waals surface area (Å²) in [5, 5.41) is 0. The van der Waals surface area contributed by atoms with Gasteiger partial charge < -0.3 is 13.6 Å². The molecule has 4 nitrogen and oxygen atoms in total. The van der Waals surface area contributed by atoms with Gasteiger partial charge in [0.15, 0.2) is 0 Å². The summed E-state index contributed by atoms with van der Waals surface area (Å²) < 4.78 is 16.2. The smallest absolute Gasteiger partial charge is 0.338 e. The lowest BCUT2D eigenvalue weighted by molar-refractivity contribution is -0.137. The van der Waals surface area contributed by atoms with Crippen LogP contribution >= 0.6 is 0 Å². The molecule has 0 atom stereocenters. The minimum Gasteiger partial charge on any atom is -0.463 e. The average Bonchev–Trinajstić information content (AvgIpc) is 2.27. The molecule has 0 rings (SSSR count). The van der Waals surface area contributed by atoms with Crippen molar-refractivity contribution in [3.8, 4) is 0 Å². The Morgan fingerprint density at radius 1 is 1.18 bits per heavy atom. The highest BCUT2D eigenvalue weighted by Crippen LogP contribution is 2.14. The van der Waals surface area contributed by atoms with E-state index in [9.17, 15) is 4.79 Å². The van der Waals surface area contributed by atoms with E-state index in [1.54, 1.807) is 6.08 Å². The zero-order valence-corrected chi connectivity index (χ0v) is 12.3. The maximum atomic E-state index is 11.2. The molecule has 0 N–H and O–H groups in total. The van der Waals surface area contributed by atoms with Crippen molar-refractivity contribution in [1.82, 2.24) is 0 Å². The van der Waals surface area contributed by atoms with Gasteiger partial charge in [-0.15, -0.1) is 0 Å². The third kappa shape index (κ3) is 8.12.